The van der Waals surface area contributed by atoms with Gasteiger partial charge in [-0.3, -0.25) is 9.36 Å². The van der Waals surface area contributed by atoms with Crippen molar-refractivity contribution in [1.29, 1.82) is 0 Å². The zero-order chi connectivity index (χ0) is 17.7. The molecule has 4 nitrogen and oxygen atoms in total. The fourth-order valence-corrected chi connectivity index (χ4v) is 3.29. The molecule has 5 aromatic rings. The monoisotopic (exact) mass is 341 g/mol. The largest absolute Gasteiger partial charge is 0.283 e. The Morgan fingerprint density at radius 1 is 0.769 bits per heavy atom. The second kappa shape index (κ2) is 5.46. The maximum atomic E-state index is 13.8. The van der Waals surface area contributed by atoms with Gasteiger partial charge < -0.3 is 0 Å². The van der Waals surface area contributed by atoms with Crippen molar-refractivity contribution in [2.45, 2.75) is 0 Å². The van der Waals surface area contributed by atoms with Crippen molar-refractivity contribution < 1.29 is 4.39 Å². The van der Waals surface area contributed by atoms with Gasteiger partial charge in [-0.25, -0.2) is 14.4 Å². The van der Waals surface area contributed by atoms with Crippen LogP contribution in [0, 0.1) is 5.82 Å². The highest BCUT2D eigenvalue weighted by Crippen LogP contribution is 2.24. The summed E-state index contributed by atoms with van der Waals surface area (Å²) >= 11 is 0. The van der Waals surface area contributed by atoms with Gasteiger partial charge in [-0.15, -0.1) is 0 Å². The molecule has 0 amide bonds. The van der Waals surface area contributed by atoms with E-state index in [1.165, 1.54) is 16.7 Å². The van der Waals surface area contributed by atoms with E-state index in [4.69, 9.17) is 0 Å². The maximum absolute atomic E-state index is 13.8. The minimum atomic E-state index is -0.400. The molecule has 2 heterocycles. The van der Waals surface area contributed by atoms with Gasteiger partial charge in [0.15, 0.2) is 5.52 Å². The molecule has 0 aliphatic heterocycles. The molecule has 0 saturated heterocycles. The molecule has 0 radical (unpaired) electrons. The van der Waals surface area contributed by atoms with Gasteiger partial charge in [0.05, 0.1) is 22.2 Å². The van der Waals surface area contributed by atoms with Crippen LogP contribution < -0.4 is 5.56 Å². The third-order valence-electron chi connectivity index (χ3n) is 4.44. The highest BCUT2D eigenvalue weighted by atomic mass is 19.1. The number of nitrogens with zero attached hydrogens (tertiary/aromatic N) is 3. The fourth-order valence-electron chi connectivity index (χ4n) is 3.29. The van der Waals surface area contributed by atoms with Gasteiger partial charge in [0.1, 0.15) is 11.3 Å². The lowest BCUT2D eigenvalue weighted by Crippen LogP contribution is -2.20. The van der Waals surface area contributed by atoms with Gasteiger partial charge in [-0.05, 0) is 36.4 Å². The molecular formula is C21H12FN3O. The molecule has 0 N–H and O–H groups in total. The van der Waals surface area contributed by atoms with Crippen LogP contribution in [0.3, 0.4) is 0 Å². The van der Waals surface area contributed by atoms with Crippen molar-refractivity contribution in [3.63, 3.8) is 0 Å². The molecule has 0 fully saturated rings. The van der Waals surface area contributed by atoms with Crippen LogP contribution in [-0.4, -0.2) is 14.5 Å². The molecular weight excluding hydrogens is 329 g/mol. The summed E-state index contributed by atoms with van der Waals surface area (Å²) in [6.07, 6.45) is 0. The Bertz CT molecular complexity index is 1370. The Kier molecular flexibility index (Phi) is 3.09. The van der Waals surface area contributed by atoms with E-state index in [-0.39, 0.29) is 11.1 Å². The number of fused-ring (bicyclic) bond motifs is 4. The average molecular weight is 341 g/mol. The number of benzene rings is 3. The molecule has 0 unspecified atom stereocenters. The highest BCUT2D eigenvalue weighted by molar-refractivity contribution is 6.04. The molecule has 0 aliphatic carbocycles. The van der Waals surface area contributed by atoms with Crippen LogP contribution in [-0.2, 0) is 0 Å². The molecule has 124 valence electrons. The zero-order valence-electron chi connectivity index (χ0n) is 13.6. The molecule has 0 aliphatic rings. The van der Waals surface area contributed by atoms with Crippen molar-refractivity contribution in [3.05, 3.63) is 89.0 Å². The molecule has 0 spiro atoms. The minimum Gasteiger partial charge on any atom is -0.275 e. The van der Waals surface area contributed by atoms with E-state index in [9.17, 15) is 9.18 Å². The molecule has 5 heteroatoms. The quantitative estimate of drug-likeness (QED) is 0.339. The zero-order valence-corrected chi connectivity index (χ0v) is 13.6. The van der Waals surface area contributed by atoms with E-state index in [1.807, 2.05) is 48.5 Å². The molecule has 26 heavy (non-hydrogen) atoms. The van der Waals surface area contributed by atoms with Crippen LogP contribution >= 0.6 is 0 Å². The van der Waals surface area contributed by atoms with Crippen molar-refractivity contribution in [1.82, 2.24) is 14.5 Å². The Morgan fingerprint density at radius 2 is 1.46 bits per heavy atom. The van der Waals surface area contributed by atoms with Crippen LogP contribution in [0.1, 0.15) is 0 Å². The molecule has 3 aromatic carbocycles. The van der Waals surface area contributed by atoms with Gasteiger partial charge >= 0.3 is 0 Å². The standard InChI is InChI=1S/C21H12FN3O/c22-13-6-5-7-14(12-13)25-18-11-4-1-8-15(18)19-20(21(25)26)24-17-10-3-2-9-16(17)23-19/h1-12H. The number of rotatable bonds is 1. The first kappa shape index (κ1) is 14.7. The second-order valence-corrected chi connectivity index (χ2v) is 6.05. The van der Waals surface area contributed by atoms with Crippen molar-refractivity contribution in [3.8, 4) is 5.69 Å². The third-order valence-corrected chi connectivity index (χ3v) is 4.44. The van der Waals surface area contributed by atoms with Crippen LogP contribution in [0.15, 0.2) is 77.6 Å². The fraction of sp³-hybridized carbons (Fsp3) is 0. The Morgan fingerprint density at radius 3 is 2.23 bits per heavy atom. The van der Waals surface area contributed by atoms with E-state index in [2.05, 4.69) is 9.97 Å². The number of pyridine rings is 1. The molecule has 0 atom stereocenters. The molecule has 0 bridgehead atoms. The van der Waals surface area contributed by atoms with Gasteiger partial charge in [0.25, 0.3) is 5.56 Å². The summed E-state index contributed by atoms with van der Waals surface area (Å²) in [4.78, 5) is 22.5. The van der Waals surface area contributed by atoms with E-state index in [0.717, 1.165) is 10.9 Å². The number of para-hydroxylation sites is 3. The van der Waals surface area contributed by atoms with Gasteiger partial charge in [-0.1, -0.05) is 36.4 Å². The summed E-state index contributed by atoms with van der Waals surface area (Å²) in [6.45, 7) is 0. The summed E-state index contributed by atoms with van der Waals surface area (Å²) in [6, 6.07) is 20.9. The van der Waals surface area contributed by atoms with Gasteiger partial charge in [0.2, 0.25) is 0 Å². The number of hydrogen-bond acceptors (Lipinski definition) is 3. The van der Waals surface area contributed by atoms with Gasteiger partial charge in [-0.2, -0.15) is 0 Å². The number of halogens is 1. The lowest BCUT2D eigenvalue weighted by Gasteiger charge is -2.13. The average Bonchev–Trinajstić information content (AvgIpc) is 2.67. The summed E-state index contributed by atoms with van der Waals surface area (Å²) in [5.41, 5.74) is 3.01. The molecule has 0 saturated carbocycles. The summed E-state index contributed by atoms with van der Waals surface area (Å²) in [5.74, 6) is -0.400. The SMILES string of the molecule is O=c1c2nc3ccccc3nc2c2ccccc2n1-c1cccc(F)c1. The van der Waals surface area contributed by atoms with Crippen LogP contribution in [0.5, 0.6) is 0 Å². The maximum Gasteiger partial charge on any atom is 0.283 e. The highest BCUT2D eigenvalue weighted by Gasteiger charge is 2.15. The van der Waals surface area contributed by atoms with E-state index < -0.39 is 5.82 Å². The predicted molar refractivity (Wildman–Crippen MR) is 100 cm³/mol. The van der Waals surface area contributed by atoms with Gasteiger partial charge in [0, 0.05) is 5.39 Å². The lowest BCUT2D eigenvalue weighted by atomic mass is 10.1. The summed E-state index contributed by atoms with van der Waals surface area (Å²) in [5, 5.41) is 0.796. The third kappa shape index (κ3) is 2.10. The first-order chi connectivity index (χ1) is 12.7. The van der Waals surface area contributed by atoms with Crippen LogP contribution in [0.2, 0.25) is 0 Å². The number of hydrogen-bond donors (Lipinski definition) is 0. The van der Waals surface area contributed by atoms with Crippen molar-refractivity contribution in [2.24, 2.45) is 0 Å². The molecule has 5 rings (SSSR count). The topological polar surface area (TPSA) is 47.8 Å². The van der Waals surface area contributed by atoms with Crippen molar-refractivity contribution in [2.75, 3.05) is 0 Å². The lowest BCUT2D eigenvalue weighted by molar-refractivity contribution is 0.626. The smallest absolute Gasteiger partial charge is 0.275 e. The molecule has 2 aromatic heterocycles. The Hall–Kier alpha value is -3.60. The van der Waals surface area contributed by atoms with E-state index in [1.54, 1.807) is 12.1 Å². The van der Waals surface area contributed by atoms with Crippen LogP contribution in [0.4, 0.5) is 4.39 Å². The minimum absolute atomic E-state index is 0.270. The second-order valence-electron chi connectivity index (χ2n) is 6.05. The normalized spacial score (nSPS) is 11.4. The Labute approximate surface area is 147 Å². The summed E-state index contributed by atoms with van der Waals surface area (Å²) < 4.78 is 15.3. The summed E-state index contributed by atoms with van der Waals surface area (Å²) in [7, 11) is 0. The Balaban J connectivity index is 2.03. The van der Waals surface area contributed by atoms with E-state index in [0.29, 0.717) is 22.2 Å². The first-order valence-electron chi connectivity index (χ1n) is 8.18. The predicted octanol–water partition coefficient (Wildman–Crippen LogP) is 4.23. The van der Waals surface area contributed by atoms with Crippen molar-refractivity contribution >= 4 is 33.0 Å². The van der Waals surface area contributed by atoms with Crippen LogP contribution in [0.25, 0.3) is 38.7 Å². The number of aromatic nitrogens is 3. The first-order valence-corrected chi connectivity index (χ1v) is 8.18. The van der Waals surface area contributed by atoms with E-state index >= 15 is 0 Å².